The van der Waals surface area contributed by atoms with Crippen LogP contribution >= 0.6 is 12.4 Å². The molecule has 6 heteroatoms. The monoisotopic (exact) mass is 285 g/mol. The highest BCUT2D eigenvalue weighted by atomic mass is 35.5. The van der Waals surface area contributed by atoms with Crippen molar-refractivity contribution in [3.63, 3.8) is 0 Å². The van der Waals surface area contributed by atoms with E-state index >= 15 is 0 Å². The van der Waals surface area contributed by atoms with Gasteiger partial charge in [0, 0.05) is 31.6 Å². The van der Waals surface area contributed by atoms with Gasteiger partial charge in [0.15, 0.2) is 0 Å². The highest BCUT2D eigenvalue weighted by Crippen LogP contribution is 2.04. The van der Waals surface area contributed by atoms with Gasteiger partial charge >= 0.3 is 0 Å². The maximum atomic E-state index is 11.5. The number of carbonyl (C=O) groups excluding carboxylic acids is 2. The van der Waals surface area contributed by atoms with Crippen LogP contribution in [0.15, 0.2) is 24.3 Å². The second-order valence-electron chi connectivity index (χ2n) is 3.87. The van der Waals surface area contributed by atoms with Crippen molar-refractivity contribution in [1.82, 2.24) is 10.6 Å². The Balaban J connectivity index is 0.00000324. The molecule has 2 amide bonds. The third kappa shape index (κ3) is 6.22. The molecule has 1 aromatic rings. The highest BCUT2D eigenvalue weighted by molar-refractivity contribution is 5.94. The summed E-state index contributed by atoms with van der Waals surface area (Å²) in [6.07, 6.45) is 0.330. The number of halogens is 1. The summed E-state index contributed by atoms with van der Waals surface area (Å²) in [5, 5.41) is 5.48. The molecule has 0 spiro atoms. The minimum absolute atomic E-state index is 0. The van der Waals surface area contributed by atoms with Gasteiger partial charge in [-0.25, -0.2) is 0 Å². The van der Waals surface area contributed by atoms with Crippen molar-refractivity contribution in [3.05, 3.63) is 35.4 Å². The van der Waals surface area contributed by atoms with Gasteiger partial charge in [-0.3, -0.25) is 9.59 Å². The van der Waals surface area contributed by atoms with Crippen molar-refractivity contribution in [2.45, 2.75) is 19.9 Å². The first-order valence-electron chi connectivity index (χ1n) is 6.01. The standard InChI is InChI=1S/C13H19N3O2.ClH/c1-2-15-13(18)11-5-3-10(4-6-11)9-16-12(17)7-8-14;/h3-6H,2,7-9,14H2,1H3,(H,15,18)(H,16,17);1H. The zero-order chi connectivity index (χ0) is 13.4. The molecule has 0 fully saturated rings. The topological polar surface area (TPSA) is 84.2 Å². The first-order chi connectivity index (χ1) is 8.67. The van der Waals surface area contributed by atoms with Gasteiger partial charge in [0.2, 0.25) is 5.91 Å². The van der Waals surface area contributed by atoms with Crippen LogP contribution in [0.1, 0.15) is 29.3 Å². The van der Waals surface area contributed by atoms with Crippen LogP contribution in [0.4, 0.5) is 0 Å². The molecule has 0 aliphatic rings. The number of nitrogens with two attached hydrogens (primary N) is 1. The molecule has 0 unspecified atom stereocenters. The SMILES string of the molecule is CCNC(=O)c1ccc(CNC(=O)CCN)cc1.Cl. The maximum absolute atomic E-state index is 11.5. The first kappa shape index (κ1) is 17.4. The molecule has 106 valence electrons. The van der Waals surface area contributed by atoms with Gasteiger partial charge < -0.3 is 16.4 Å². The van der Waals surface area contributed by atoms with E-state index in [2.05, 4.69) is 10.6 Å². The first-order valence-corrected chi connectivity index (χ1v) is 6.01. The van der Waals surface area contributed by atoms with Gasteiger partial charge in [-0.1, -0.05) is 12.1 Å². The Morgan fingerprint density at radius 2 is 1.79 bits per heavy atom. The number of rotatable bonds is 6. The van der Waals surface area contributed by atoms with Crippen molar-refractivity contribution in [1.29, 1.82) is 0 Å². The quantitative estimate of drug-likeness (QED) is 0.724. The lowest BCUT2D eigenvalue weighted by Crippen LogP contribution is -2.25. The Morgan fingerprint density at radius 1 is 1.16 bits per heavy atom. The van der Waals surface area contributed by atoms with Crippen LogP contribution in [-0.4, -0.2) is 24.9 Å². The molecular formula is C13H20ClN3O2. The van der Waals surface area contributed by atoms with Crippen LogP contribution in [0.2, 0.25) is 0 Å². The lowest BCUT2D eigenvalue weighted by molar-refractivity contribution is -0.121. The number of hydrogen-bond donors (Lipinski definition) is 3. The third-order valence-electron chi connectivity index (χ3n) is 2.41. The van der Waals surface area contributed by atoms with Crippen molar-refractivity contribution < 1.29 is 9.59 Å². The molecule has 5 nitrogen and oxygen atoms in total. The summed E-state index contributed by atoms with van der Waals surface area (Å²) in [5.74, 6) is -0.151. The number of nitrogens with one attached hydrogen (secondary N) is 2. The van der Waals surface area contributed by atoms with Crippen molar-refractivity contribution in [2.24, 2.45) is 5.73 Å². The van der Waals surface area contributed by atoms with Gasteiger partial charge in [-0.15, -0.1) is 12.4 Å². The Bertz CT molecular complexity index is 407. The van der Waals surface area contributed by atoms with E-state index in [1.807, 2.05) is 19.1 Å². The summed E-state index contributed by atoms with van der Waals surface area (Å²) in [4.78, 5) is 22.7. The van der Waals surface area contributed by atoms with Gasteiger partial charge in [0.25, 0.3) is 5.91 Å². The summed E-state index contributed by atoms with van der Waals surface area (Å²) in [6.45, 7) is 3.28. The van der Waals surface area contributed by atoms with E-state index in [1.165, 1.54) is 0 Å². The summed E-state index contributed by atoms with van der Waals surface area (Å²) in [7, 11) is 0. The van der Waals surface area contributed by atoms with E-state index in [9.17, 15) is 9.59 Å². The molecule has 1 rings (SSSR count). The predicted octanol–water partition coefficient (Wildman–Crippen LogP) is 0.823. The van der Waals surface area contributed by atoms with Crippen molar-refractivity contribution >= 4 is 24.2 Å². The molecule has 0 aliphatic carbocycles. The second kappa shape index (κ2) is 9.35. The smallest absolute Gasteiger partial charge is 0.251 e. The van der Waals surface area contributed by atoms with E-state index in [0.29, 0.717) is 31.6 Å². The second-order valence-corrected chi connectivity index (χ2v) is 3.87. The molecule has 0 atom stereocenters. The molecule has 0 aliphatic heterocycles. The molecular weight excluding hydrogens is 266 g/mol. The Hall–Kier alpha value is -1.59. The van der Waals surface area contributed by atoms with Crippen LogP contribution in [0, 0.1) is 0 Å². The minimum Gasteiger partial charge on any atom is -0.352 e. The van der Waals surface area contributed by atoms with Gasteiger partial charge in [-0.2, -0.15) is 0 Å². The Kier molecular flexibility index (Phi) is 8.57. The van der Waals surface area contributed by atoms with E-state index in [4.69, 9.17) is 5.73 Å². The fraction of sp³-hybridized carbons (Fsp3) is 0.385. The average Bonchev–Trinajstić information content (AvgIpc) is 2.37. The lowest BCUT2D eigenvalue weighted by atomic mass is 10.1. The fourth-order valence-corrected chi connectivity index (χ4v) is 1.46. The summed E-state index contributed by atoms with van der Waals surface area (Å²) >= 11 is 0. The zero-order valence-corrected chi connectivity index (χ0v) is 11.8. The predicted molar refractivity (Wildman–Crippen MR) is 77.2 cm³/mol. The molecule has 4 N–H and O–H groups in total. The van der Waals surface area contributed by atoms with E-state index < -0.39 is 0 Å². The van der Waals surface area contributed by atoms with Gasteiger partial charge in [0.1, 0.15) is 0 Å². The van der Waals surface area contributed by atoms with Crippen LogP contribution in [0.25, 0.3) is 0 Å². The fourth-order valence-electron chi connectivity index (χ4n) is 1.46. The zero-order valence-electron chi connectivity index (χ0n) is 10.9. The summed E-state index contributed by atoms with van der Waals surface area (Å²) < 4.78 is 0. The molecule has 1 aromatic carbocycles. The number of hydrogen-bond acceptors (Lipinski definition) is 3. The number of carbonyl (C=O) groups is 2. The van der Waals surface area contributed by atoms with Crippen molar-refractivity contribution in [3.8, 4) is 0 Å². The Morgan fingerprint density at radius 3 is 2.32 bits per heavy atom. The van der Waals surface area contributed by atoms with E-state index in [1.54, 1.807) is 12.1 Å². The Labute approximate surface area is 119 Å². The van der Waals surface area contributed by atoms with E-state index in [-0.39, 0.29) is 24.2 Å². The van der Waals surface area contributed by atoms with Crippen LogP contribution in [-0.2, 0) is 11.3 Å². The van der Waals surface area contributed by atoms with Gasteiger partial charge in [-0.05, 0) is 24.6 Å². The molecule has 0 heterocycles. The minimum atomic E-state index is -0.0868. The average molecular weight is 286 g/mol. The van der Waals surface area contributed by atoms with Crippen molar-refractivity contribution in [2.75, 3.05) is 13.1 Å². The molecule has 0 aromatic heterocycles. The number of benzene rings is 1. The largest absolute Gasteiger partial charge is 0.352 e. The molecule has 0 radical (unpaired) electrons. The highest BCUT2D eigenvalue weighted by Gasteiger charge is 2.04. The molecule has 0 saturated carbocycles. The third-order valence-corrected chi connectivity index (χ3v) is 2.41. The van der Waals surface area contributed by atoms with Crippen LogP contribution in [0.3, 0.4) is 0 Å². The van der Waals surface area contributed by atoms with Crippen LogP contribution < -0.4 is 16.4 Å². The normalized spacial score (nSPS) is 9.37. The number of amides is 2. The molecule has 19 heavy (non-hydrogen) atoms. The van der Waals surface area contributed by atoms with E-state index in [0.717, 1.165) is 5.56 Å². The van der Waals surface area contributed by atoms with Crippen LogP contribution in [0.5, 0.6) is 0 Å². The maximum Gasteiger partial charge on any atom is 0.251 e. The summed E-state index contributed by atoms with van der Waals surface area (Å²) in [5.41, 5.74) is 6.85. The molecule has 0 bridgehead atoms. The lowest BCUT2D eigenvalue weighted by Gasteiger charge is -2.06. The summed E-state index contributed by atoms with van der Waals surface area (Å²) in [6, 6.07) is 7.14. The van der Waals surface area contributed by atoms with Gasteiger partial charge in [0.05, 0.1) is 0 Å². The molecule has 0 saturated heterocycles.